The largest absolute Gasteiger partial charge is 0.466 e. The molecule has 5 heteroatoms. The summed E-state index contributed by atoms with van der Waals surface area (Å²) in [6.45, 7) is 2.61. The van der Waals surface area contributed by atoms with Gasteiger partial charge in [-0.25, -0.2) is 4.39 Å². The number of ether oxygens (including phenoxy) is 1. The summed E-state index contributed by atoms with van der Waals surface area (Å²) in [6.07, 6.45) is 2.67. The van der Waals surface area contributed by atoms with Gasteiger partial charge in [0.1, 0.15) is 11.6 Å². The molecule has 1 amide bonds. The van der Waals surface area contributed by atoms with E-state index in [1.165, 1.54) is 23.3 Å². The molecule has 0 saturated heterocycles. The second kappa shape index (κ2) is 8.36. The average molecular weight is 414 g/mol. The van der Waals surface area contributed by atoms with Gasteiger partial charge in [-0.2, -0.15) is 0 Å². The summed E-state index contributed by atoms with van der Waals surface area (Å²) in [6, 6.07) is 22.2. The summed E-state index contributed by atoms with van der Waals surface area (Å²) >= 11 is 0. The number of hydrogen-bond donors (Lipinski definition) is 1. The maximum absolute atomic E-state index is 13.2. The molecule has 2 heterocycles. The van der Waals surface area contributed by atoms with Gasteiger partial charge >= 0.3 is 0 Å². The third-order valence-electron chi connectivity index (χ3n) is 5.81. The predicted octanol–water partition coefficient (Wildman–Crippen LogP) is 4.94. The number of carbonyl (C=O) groups excluding carboxylic acids is 1. The van der Waals surface area contributed by atoms with E-state index in [0.29, 0.717) is 11.3 Å². The van der Waals surface area contributed by atoms with Gasteiger partial charge in [0.25, 0.3) is 5.91 Å². The van der Waals surface area contributed by atoms with Crippen LogP contribution in [0.3, 0.4) is 0 Å². The molecule has 1 unspecified atom stereocenters. The van der Waals surface area contributed by atoms with Gasteiger partial charge < -0.3 is 10.1 Å². The minimum Gasteiger partial charge on any atom is -0.466 e. The van der Waals surface area contributed by atoms with Crippen molar-refractivity contribution < 1.29 is 13.9 Å². The lowest BCUT2D eigenvalue weighted by Gasteiger charge is -2.28. The van der Waals surface area contributed by atoms with Crippen LogP contribution in [0.25, 0.3) is 5.57 Å². The van der Waals surface area contributed by atoms with Crippen LogP contribution in [0, 0.1) is 5.82 Å². The predicted molar refractivity (Wildman–Crippen MR) is 118 cm³/mol. The smallest absolute Gasteiger partial charge is 0.258 e. The van der Waals surface area contributed by atoms with Gasteiger partial charge in [-0.1, -0.05) is 48.5 Å². The molecule has 0 fully saturated rings. The maximum Gasteiger partial charge on any atom is 0.258 e. The van der Waals surface area contributed by atoms with E-state index < -0.39 is 6.23 Å². The van der Waals surface area contributed by atoms with Crippen LogP contribution in [-0.4, -0.2) is 23.9 Å². The zero-order valence-electron chi connectivity index (χ0n) is 17.1. The van der Waals surface area contributed by atoms with E-state index in [1.807, 2.05) is 42.5 Å². The van der Waals surface area contributed by atoms with Gasteiger partial charge in [-0.15, -0.1) is 0 Å². The highest BCUT2D eigenvalue weighted by Crippen LogP contribution is 2.29. The van der Waals surface area contributed by atoms with Crippen LogP contribution in [0.15, 0.2) is 78.9 Å². The van der Waals surface area contributed by atoms with Gasteiger partial charge in [0.05, 0.1) is 5.56 Å². The highest BCUT2D eigenvalue weighted by atomic mass is 19.1. The van der Waals surface area contributed by atoms with E-state index in [0.717, 1.165) is 37.2 Å². The van der Waals surface area contributed by atoms with Crippen LogP contribution in [0.5, 0.6) is 5.75 Å². The van der Waals surface area contributed by atoms with Crippen molar-refractivity contribution in [3.63, 3.8) is 0 Å². The summed E-state index contributed by atoms with van der Waals surface area (Å²) in [4.78, 5) is 14.8. The number of rotatable bonds is 4. The number of nitrogens with one attached hydrogen (secondary N) is 1. The Labute approximate surface area is 181 Å². The molecule has 3 aromatic carbocycles. The van der Waals surface area contributed by atoms with Crippen LogP contribution in [0.2, 0.25) is 0 Å². The second-order valence-electron chi connectivity index (χ2n) is 7.93. The Balaban J connectivity index is 1.26. The monoisotopic (exact) mass is 414 g/mol. The fourth-order valence-corrected chi connectivity index (χ4v) is 4.16. The molecule has 0 bridgehead atoms. The van der Waals surface area contributed by atoms with Crippen molar-refractivity contribution in [1.29, 1.82) is 0 Å². The van der Waals surface area contributed by atoms with Crippen molar-refractivity contribution in [2.75, 3.05) is 13.1 Å². The lowest BCUT2D eigenvalue weighted by Crippen LogP contribution is -2.36. The molecule has 2 aliphatic rings. The zero-order valence-corrected chi connectivity index (χ0v) is 17.1. The molecule has 0 aliphatic carbocycles. The van der Waals surface area contributed by atoms with Crippen LogP contribution < -0.4 is 10.1 Å². The molecule has 1 atom stereocenters. The number of carbonyl (C=O) groups is 1. The number of fused-ring (bicyclic) bond motifs is 1. The Kier molecular flexibility index (Phi) is 5.26. The molecule has 31 heavy (non-hydrogen) atoms. The highest BCUT2D eigenvalue weighted by Gasteiger charge is 2.26. The number of nitrogens with zero attached hydrogens (tertiary/aromatic N) is 1. The minimum atomic E-state index is -0.492. The second-order valence-corrected chi connectivity index (χ2v) is 7.93. The molecule has 0 aromatic heterocycles. The van der Waals surface area contributed by atoms with Gasteiger partial charge in [-0.3, -0.25) is 9.69 Å². The molecular formula is C26H23FN2O2. The van der Waals surface area contributed by atoms with E-state index >= 15 is 0 Å². The minimum absolute atomic E-state index is 0.119. The molecule has 0 saturated carbocycles. The Morgan fingerprint density at radius 3 is 2.68 bits per heavy atom. The fourth-order valence-electron chi connectivity index (χ4n) is 4.16. The third kappa shape index (κ3) is 4.23. The summed E-state index contributed by atoms with van der Waals surface area (Å²) in [7, 11) is 0. The topological polar surface area (TPSA) is 41.6 Å². The molecule has 1 N–H and O–H groups in total. The maximum atomic E-state index is 13.2. The first-order chi connectivity index (χ1) is 15.2. The van der Waals surface area contributed by atoms with Crippen LogP contribution >= 0.6 is 0 Å². The lowest BCUT2D eigenvalue weighted by atomic mass is 9.99. The van der Waals surface area contributed by atoms with Crippen LogP contribution in [-0.2, 0) is 6.54 Å². The summed E-state index contributed by atoms with van der Waals surface area (Å²) in [5.41, 5.74) is 5.02. The molecule has 5 rings (SSSR count). The lowest BCUT2D eigenvalue weighted by molar-refractivity contribution is 0.0756. The number of amides is 1. The molecule has 156 valence electrons. The van der Waals surface area contributed by atoms with Gasteiger partial charge in [0.15, 0.2) is 6.23 Å². The Bertz CT molecular complexity index is 1140. The van der Waals surface area contributed by atoms with Crippen molar-refractivity contribution in [2.24, 2.45) is 0 Å². The quantitative estimate of drug-likeness (QED) is 0.658. The fraction of sp³-hybridized carbons (Fsp3) is 0.192. The number of benzene rings is 3. The SMILES string of the molecule is O=C1NC(c2cccc(CN3CC=C(c4ccc(F)cc4)CC3)c2)Oc2ccccc21. The van der Waals surface area contributed by atoms with Crippen molar-refractivity contribution in [2.45, 2.75) is 19.2 Å². The van der Waals surface area contributed by atoms with Crippen molar-refractivity contribution >= 4 is 11.5 Å². The Morgan fingerprint density at radius 1 is 1.03 bits per heavy atom. The molecule has 0 radical (unpaired) electrons. The van der Waals surface area contributed by atoms with E-state index in [4.69, 9.17) is 4.74 Å². The van der Waals surface area contributed by atoms with Crippen molar-refractivity contribution in [3.05, 3.63) is 107 Å². The Morgan fingerprint density at radius 2 is 1.87 bits per heavy atom. The van der Waals surface area contributed by atoms with Crippen LogP contribution in [0.4, 0.5) is 4.39 Å². The highest BCUT2D eigenvalue weighted by molar-refractivity contribution is 5.98. The summed E-state index contributed by atoms with van der Waals surface area (Å²) in [5, 5.41) is 2.94. The van der Waals surface area contributed by atoms with Gasteiger partial charge in [0, 0.05) is 25.2 Å². The summed E-state index contributed by atoms with van der Waals surface area (Å²) < 4.78 is 19.2. The van der Waals surface area contributed by atoms with E-state index in [-0.39, 0.29) is 11.7 Å². The zero-order chi connectivity index (χ0) is 21.2. The molecule has 2 aliphatic heterocycles. The van der Waals surface area contributed by atoms with E-state index in [9.17, 15) is 9.18 Å². The van der Waals surface area contributed by atoms with Crippen molar-refractivity contribution in [3.8, 4) is 5.75 Å². The number of para-hydroxylation sites is 1. The van der Waals surface area contributed by atoms with Gasteiger partial charge in [-0.05, 0) is 53.5 Å². The number of halogens is 1. The van der Waals surface area contributed by atoms with Crippen LogP contribution in [0.1, 0.15) is 39.7 Å². The van der Waals surface area contributed by atoms with Gasteiger partial charge in [0.2, 0.25) is 0 Å². The third-order valence-corrected chi connectivity index (χ3v) is 5.81. The van der Waals surface area contributed by atoms with E-state index in [1.54, 1.807) is 6.07 Å². The molecule has 0 spiro atoms. The normalized spacial score (nSPS) is 18.5. The first-order valence-electron chi connectivity index (χ1n) is 10.5. The molecular weight excluding hydrogens is 391 g/mol. The first-order valence-corrected chi connectivity index (χ1v) is 10.5. The first kappa shape index (κ1) is 19.5. The summed E-state index contributed by atoms with van der Waals surface area (Å²) in [5.74, 6) is 0.283. The Hall–Kier alpha value is -3.44. The van der Waals surface area contributed by atoms with E-state index in [2.05, 4.69) is 28.4 Å². The number of hydrogen-bond acceptors (Lipinski definition) is 3. The standard InChI is InChI=1S/C26H23FN2O2/c27-22-10-8-19(9-11-22)20-12-14-29(15-13-20)17-18-4-3-5-21(16-18)26-28-25(30)23-6-1-2-7-24(23)31-26/h1-12,16,26H,13-15,17H2,(H,28,30). The molecule has 4 nitrogen and oxygen atoms in total. The van der Waals surface area contributed by atoms with Crippen molar-refractivity contribution in [1.82, 2.24) is 10.2 Å². The average Bonchev–Trinajstić information content (AvgIpc) is 2.80. The molecule has 3 aromatic rings.